The maximum Gasteiger partial charge on any atom is 0.229 e. The Kier molecular flexibility index (Phi) is 4.02. The quantitative estimate of drug-likeness (QED) is 0.905. The molecule has 0 aromatic heterocycles. The van der Waals surface area contributed by atoms with Crippen molar-refractivity contribution < 1.29 is 14.3 Å². The molecule has 2 rings (SSSR count). The van der Waals surface area contributed by atoms with Gasteiger partial charge in [0.1, 0.15) is 11.6 Å². The average Bonchev–Trinajstić information content (AvgIpc) is 2.37. The van der Waals surface area contributed by atoms with Crippen LogP contribution in [0.25, 0.3) is 0 Å². The fourth-order valence-corrected chi connectivity index (χ4v) is 1.84. The molecule has 19 heavy (non-hydrogen) atoms. The van der Waals surface area contributed by atoms with E-state index < -0.39 is 11.7 Å². The van der Waals surface area contributed by atoms with E-state index in [2.05, 4.69) is 5.32 Å². The van der Waals surface area contributed by atoms with Crippen LogP contribution in [0.2, 0.25) is 5.02 Å². The van der Waals surface area contributed by atoms with Crippen molar-refractivity contribution in [2.24, 2.45) is 0 Å². The van der Waals surface area contributed by atoms with Crippen LogP contribution in [0, 0.1) is 5.82 Å². The third kappa shape index (κ3) is 3.23. The largest absolute Gasteiger partial charge is 0.508 e. The van der Waals surface area contributed by atoms with Gasteiger partial charge >= 0.3 is 0 Å². The molecule has 2 aromatic rings. The molecule has 98 valence electrons. The monoisotopic (exact) mass is 279 g/mol. The highest BCUT2D eigenvalue weighted by molar-refractivity contribution is 6.33. The summed E-state index contributed by atoms with van der Waals surface area (Å²) in [5.41, 5.74) is 0.414. The van der Waals surface area contributed by atoms with Gasteiger partial charge in [-0.3, -0.25) is 4.79 Å². The summed E-state index contributed by atoms with van der Waals surface area (Å²) in [4.78, 5) is 11.8. The Hall–Kier alpha value is -2.07. The molecular formula is C14H11ClFNO2. The Morgan fingerprint density at radius 3 is 2.63 bits per heavy atom. The van der Waals surface area contributed by atoms with E-state index in [-0.39, 0.29) is 22.9 Å². The first-order valence-corrected chi connectivity index (χ1v) is 5.96. The van der Waals surface area contributed by atoms with Gasteiger partial charge in [-0.1, -0.05) is 35.9 Å². The number of amides is 1. The van der Waals surface area contributed by atoms with E-state index in [9.17, 15) is 14.3 Å². The highest BCUT2D eigenvalue weighted by atomic mass is 35.5. The SMILES string of the molecule is O=C(Cc1ccccc1O)Nc1c(F)cccc1Cl. The van der Waals surface area contributed by atoms with E-state index in [1.807, 2.05) is 0 Å². The molecule has 3 nitrogen and oxygen atoms in total. The summed E-state index contributed by atoms with van der Waals surface area (Å²) in [6.45, 7) is 0. The van der Waals surface area contributed by atoms with Crippen LogP contribution in [-0.2, 0) is 11.2 Å². The summed E-state index contributed by atoms with van der Waals surface area (Å²) in [6, 6.07) is 10.6. The summed E-state index contributed by atoms with van der Waals surface area (Å²) in [5.74, 6) is -1.02. The second-order valence-corrected chi connectivity index (χ2v) is 4.36. The zero-order valence-corrected chi connectivity index (χ0v) is 10.6. The Balaban J connectivity index is 2.12. The summed E-state index contributed by atoms with van der Waals surface area (Å²) < 4.78 is 13.5. The zero-order chi connectivity index (χ0) is 13.8. The van der Waals surface area contributed by atoms with Crippen molar-refractivity contribution >= 4 is 23.2 Å². The fourth-order valence-electron chi connectivity index (χ4n) is 1.63. The van der Waals surface area contributed by atoms with Crippen LogP contribution in [0.5, 0.6) is 5.75 Å². The van der Waals surface area contributed by atoms with Gasteiger partial charge in [0.2, 0.25) is 5.91 Å². The van der Waals surface area contributed by atoms with Crippen LogP contribution >= 0.6 is 11.6 Å². The number of halogens is 2. The van der Waals surface area contributed by atoms with E-state index in [0.717, 1.165) is 0 Å². The number of nitrogens with one attached hydrogen (secondary N) is 1. The highest BCUT2D eigenvalue weighted by Crippen LogP contribution is 2.25. The first-order chi connectivity index (χ1) is 9.08. The molecule has 0 aliphatic carbocycles. The van der Waals surface area contributed by atoms with Crippen LogP contribution < -0.4 is 5.32 Å². The molecule has 0 radical (unpaired) electrons. The van der Waals surface area contributed by atoms with Gasteiger partial charge in [-0.05, 0) is 18.2 Å². The lowest BCUT2D eigenvalue weighted by Gasteiger charge is -2.09. The average molecular weight is 280 g/mol. The number of phenolic OH excluding ortho intramolecular Hbond substituents is 1. The van der Waals surface area contributed by atoms with Gasteiger partial charge in [0, 0.05) is 5.56 Å². The molecule has 0 unspecified atom stereocenters. The van der Waals surface area contributed by atoms with E-state index in [1.165, 1.54) is 24.3 Å². The van der Waals surface area contributed by atoms with Crippen LogP contribution in [0.4, 0.5) is 10.1 Å². The second-order valence-electron chi connectivity index (χ2n) is 3.95. The minimum absolute atomic E-state index is 0.0253. The molecule has 0 saturated carbocycles. The van der Waals surface area contributed by atoms with Crippen molar-refractivity contribution in [1.82, 2.24) is 0 Å². The van der Waals surface area contributed by atoms with Crippen molar-refractivity contribution in [3.8, 4) is 5.75 Å². The van der Waals surface area contributed by atoms with Gasteiger partial charge in [0.05, 0.1) is 17.1 Å². The molecule has 0 aliphatic rings. The molecule has 0 saturated heterocycles. The van der Waals surface area contributed by atoms with Crippen LogP contribution in [0.3, 0.4) is 0 Å². The number of carbonyl (C=O) groups excluding carboxylic acids is 1. The first-order valence-electron chi connectivity index (χ1n) is 5.58. The fraction of sp³-hybridized carbons (Fsp3) is 0.0714. The van der Waals surface area contributed by atoms with Crippen molar-refractivity contribution in [3.05, 3.63) is 58.9 Å². The smallest absolute Gasteiger partial charge is 0.229 e. The molecule has 1 amide bonds. The maximum absolute atomic E-state index is 13.5. The number of aromatic hydroxyl groups is 1. The number of carbonyl (C=O) groups is 1. The molecule has 5 heteroatoms. The lowest BCUT2D eigenvalue weighted by atomic mass is 10.1. The Morgan fingerprint density at radius 2 is 1.95 bits per heavy atom. The molecule has 2 aromatic carbocycles. The van der Waals surface area contributed by atoms with Gasteiger partial charge in [-0.15, -0.1) is 0 Å². The van der Waals surface area contributed by atoms with E-state index in [1.54, 1.807) is 18.2 Å². The maximum atomic E-state index is 13.5. The Bertz CT molecular complexity index is 596. The lowest BCUT2D eigenvalue weighted by Crippen LogP contribution is -2.15. The number of para-hydroxylation sites is 2. The molecule has 2 N–H and O–H groups in total. The number of benzene rings is 2. The third-order valence-corrected chi connectivity index (χ3v) is 2.88. The van der Waals surface area contributed by atoms with Crippen molar-refractivity contribution in [1.29, 1.82) is 0 Å². The zero-order valence-electron chi connectivity index (χ0n) is 9.86. The Morgan fingerprint density at radius 1 is 1.21 bits per heavy atom. The Labute approximate surface area is 114 Å². The van der Waals surface area contributed by atoms with E-state index in [0.29, 0.717) is 5.56 Å². The van der Waals surface area contributed by atoms with Gasteiger partial charge < -0.3 is 10.4 Å². The predicted molar refractivity (Wildman–Crippen MR) is 71.9 cm³/mol. The molecular weight excluding hydrogens is 269 g/mol. The first kappa shape index (κ1) is 13.4. The minimum atomic E-state index is -0.599. The minimum Gasteiger partial charge on any atom is -0.508 e. The van der Waals surface area contributed by atoms with Gasteiger partial charge in [-0.25, -0.2) is 4.39 Å². The van der Waals surface area contributed by atoms with Gasteiger partial charge in [-0.2, -0.15) is 0 Å². The molecule has 0 bridgehead atoms. The summed E-state index contributed by atoms with van der Waals surface area (Å²) in [5, 5.41) is 12.1. The van der Waals surface area contributed by atoms with Gasteiger partial charge in [0.15, 0.2) is 0 Å². The van der Waals surface area contributed by atoms with Crippen LogP contribution in [0.1, 0.15) is 5.56 Å². The second kappa shape index (κ2) is 5.71. The van der Waals surface area contributed by atoms with Crippen LogP contribution in [0.15, 0.2) is 42.5 Å². The highest BCUT2D eigenvalue weighted by Gasteiger charge is 2.12. The summed E-state index contributed by atoms with van der Waals surface area (Å²) >= 11 is 5.80. The summed E-state index contributed by atoms with van der Waals surface area (Å²) in [6.07, 6.45) is -0.0582. The standard InChI is InChI=1S/C14H11ClFNO2/c15-10-5-3-6-11(16)14(10)17-13(19)8-9-4-1-2-7-12(9)18/h1-7,18H,8H2,(H,17,19). The van der Waals surface area contributed by atoms with Crippen molar-refractivity contribution in [3.63, 3.8) is 0 Å². The number of phenols is 1. The molecule has 0 heterocycles. The number of anilines is 1. The summed E-state index contributed by atoms with van der Waals surface area (Å²) in [7, 11) is 0. The van der Waals surface area contributed by atoms with E-state index >= 15 is 0 Å². The number of rotatable bonds is 3. The normalized spacial score (nSPS) is 10.2. The number of hydrogen-bond donors (Lipinski definition) is 2. The lowest BCUT2D eigenvalue weighted by molar-refractivity contribution is -0.115. The van der Waals surface area contributed by atoms with Crippen molar-refractivity contribution in [2.75, 3.05) is 5.32 Å². The van der Waals surface area contributed by atoms with E-state index in [4.69, 9.17) is 11.6 Å². The molecule has 0 atom stereocenters. The molecule has 0 spiro atoms. The topological polar surface area (TPSA) is 49.3 Å². The van der Waals surface area contributed by atoms with Crippen molar-refractivity contribution in [2.45, 2.75) is 6.42 Å². The van der Waals surface area contributed by atoms with Crippen LogP contribution in [-0.4, -0.2) is 11.0 Å². The third-order valence-electron chi connectivity index (χ3n) is 2.57. The van der Waals surface area contributed by atoms with Gasteiger partial charge in [0.25, 0.3) is 0 Å². The number of hydrogen-bond acceptors (Lipinski definition) is 2. The predicted octanol–water partition coefficient (Wildman–Crippen LogP) is 3.37. The molecule has 0 fully saturated rings. The molecule has 0 aliphatic heterocycles.